The molecule has 0 saturated carbocycles. The van der Waals surface area contributed by atoms with E-state index in [0.29, 0.717) is 32.4 Å². The predicted octanol–water partition coefficient (Wildman–Crippen LogP) is -0.506. The van der Waals surface area contributed by atoms with Crippen molar-refractivity contribution in [2.75, 3.05) is 13.1 Å². The maximum absolute atomic E-state index is 12.0. The predicted molar refractivity (Wildman–Crippen MR) is 57.5 cm³/mol. The van der Waals surface area contributed by atoms with Crippen molar-refractivity contribution in [1.82, 2.24) is 10.2 Å². The van der Waals surface area contributed by atoms with Crippen molar-refractivity contribution in [2.24, 2.45) is 5.92 Å². The van der Waals surface area contributed by atoms with Gasteiger partial charge in [-0.15, -0.1) is 0 Å². The molecule has 16 heavy (non-hydrogen) atoms. The van der Waals surface area contributed by atoms with Gasteiger partial charge in [0.15, 0.2) is 0 Å². The summed E-state index contributed by atoms with van der Waals surface area (Å²) in [5.41, 5.74) is 0. The maximum Gasteiger partial charge on any atom is 0.245 e. The summed E-state index contributed by atoms with van der Waals surface area (Å²) in [6.45, 7) is 3.13. The van der Waals surface area contributed by atoms with E-state index in [-0.39, 0.29) is 29.9 Å². The van der Waals surface area contributed by atoms with Gasteiger partial charge in [-0.05, 0) is 18.8 Å². The van der Waals surface area contributed by atoms with Crippen LogP contribution in [-0.4, -0.2) is 47.1 Å². The Morgan fingerprint density at radius 2 is 2.25 bits per heavy atom. The molecule has 0 radical (unpaired) electrons. The minimum atomic E-state index is -0.338. The Morgan fingerprint density at radius 3 is 2.81 bits per heavy atom. The molecule has 0 aromatic carbocycles. The van der Waals surface area contributed by atoms with Crippen LogP contribution in [0.1, 0.15) is 26.2 Å². The van der Waals surface area contributed by atoms with E-state index in [2.05, 4.69) is 5.32 Å². The lowest BCUT2D eigenvalue weighted by molar-refractivity contribution is -0.137. The third kappa shape index (κ3) is 2.19. The summed E-state index contributed by atoms with van der Waals surface area (Å²) in [5, 5.41) is 12.3. The number of amides is 2. The number of aliphatic hydroxyl groups is 1. The molecule has 2 saturated heterocycles. The number of hydrogen-bond donors (Lipinski definition) is 2. The van der Waals surface area contributed by atoms with E-state index < -0.39 is 0 Å². The van der Waals surface area contributed by atoms with E-state index in [1.165, 1.54) is 0 Å². The van der Waals surface area contributed by atoms with Crippen LogP contribution in [0.3, 0.4) is 0 Å². The monoisotopic (exact) mass is 226 g/mol. The number of piperidine rings is 1. The first-order chi connectivity index (χ1) is 7.58. The summed E-state index contributed by atoms with van der Waals surface area (Å²) in [6, 6.07) is -0.338. The van der Waals surface area contributed by atoms with Crippen molar-refractivity contribution >= 4 is 11.8 Å². The summed E-state index contributed by atoms with van der Waals surface area (Å²) < 4.78 is 0. The number of carbonyl (C=O) groups excluding carboxylic acids is 2. The van der Waals surface area contributed by atoms with Crippen LogP contribution in [0.2, 0.25) is 0 Å². The topological polar surface area (TPSA) is 69.6 Å². The smallest absolute Gasteiger partial charge is 0.245 e. The van der Waals surface area contributed by atoms with Crippen molar-refractivity contribution in [1.29, 1.82) is 0 Å². The molecule has 2 aliphatic rings. The summed E-state index contributed by atoms with van der Waals surface area (Å²) in [6.07, 6.45) is 1.38. The van der Waals surface area contributed by atoms with Gasteiger partial charge >= 0.3 is 0 Å². The minimum absolute atomic E-state index is 0.00426. The third-order valence-corrected chi connectivity index (χ3v) is 3.47. The van der Waals surface area contributed by atoms with Crippen molar-refractivity contribution in [3.63, 3.8) is 0 Å². The highest BCUT2D eigenvalue weighted by atomic mass is 16.3. The molecule has 0 spiro atoms. The highest BCUT2D eigenvalue weighted by Gasteiger charge is 2.34. The third-order valence-electron chi connectivity index (χ3n) is 3.47. The lowest BCUT2D eigenvalue weighted by Crippen LogP contribution is -2.50. The molecule has 2 fully saturated rings. The molecule has 0 aromatic heterocycles. The van der Waals surface area contributed by atoms with Crippen LogP contribution in [0.15, 0.2) is 0 Å². The Morgan fingerprint density at radius 1 is 1.50 bits per heavy atom. The average molecular weight is 226 g/mol. The molecular weight excluding hydrogens is 208 g/mol. The number of likely N-dealkylation sites (tertiary alicyclic amines) is 1. The average Bonchev–Trinajstić information content (AvgIpc) is 2.68. The van der Waals surface area contributed by atoms with Crippen LogP contribution >= 0.6 is 0 Å². The zero-order valence-corrected chi connectivity index (χ0v) is 9.48. The highest BCUT2D eigenvalue weighted by Crippen LogP contribution is 2.19. The molecule has 2 rings (SSSR count). The van der Waals surface area contributed by atoms with Gasteiger partial charge in [-0.3, -0.25) is 9.59 Å². The molecule has 0 aliphatic carbocycles. The quantitative estimate of drug-likeness (QED) is 0.633. The van der Waals surface area contributed by atoms with Crippen LogP contribution in [0.25, 0.3) is 0 Å². The molecule has 2 heterocycles. The second-order valence-electron chi connectivity index (χ2n) is 4.78. The van der Waals surface area contributed by atoms with Crippen molar-refractivity contribution in [3.8, 4) is 0 Å². The fourth-order valence-electron chi connectivity index (χ4n) is 2.35. The number of carbonyl (C=O) groups is 2. The van der Waals surface area contributed by atoms with E-state index in [1.807, 2.05) is 6.92 Å². The van der Waals surface area contributed by atoms with Crippen LogP contribution in [0.4, 0.5) is 0 Å². The lowest BCUT2D eigenvalue weighted by atomic mass is 9.96. The summed E-state index contributed by atoms with van der Waals surface area (Å²) in [7, 11) is 0. The standard InChI is InChI=1S/C11H18N2O3/c1-7-6-13(5-4-9(7)14)11(16)8-2-3-10(15)12-8/h7-9,14H,2-6H2,1H3,(H,12,15)/t7?,8-,9?/m1/s1. The first-order valence-electron chi connectivity index (χ1n) is 5.84. The molecule has 90 valence electrons. The van der Waals surface area contributed by atoms with Crippen LogP contribution in [0.5, 0.6) is 0 Å². The molecule has 3 atom stereocenters. The van der Waals surface area contributed by atoms with E-state index in [1.54, 1.807) is 4.90 Å². The maximum atomic E-state index is 12.0. The Bertz CT molecular complexity index is 306. The molecule has 2 unspecified atom stereocenters. The van der Waals surface area contributed by atoms with E-state index in [0.717, 1.165) is 0 Å². The minimum Gasteiger partial charge on any atom is -0.393 e. The molecule has 2 N–H and O–H groups in total. The Labute approximate surface area is 94.8 Å². The Hall–Kier alpha value is -1.10. The molecule has 0 aromatic rings. The number of rotatable bonds is 1. The molecule has 2 amide bonds. The summed E-state index contributed by atoms with van der Waals surface area (Å²) >= 11 is 0. The fraction of sp³-hybridized carbons (Fsp3) is 0.818. The molecular formula is C11H18N2O3. The second-order valence-corrected chi connectivity index (χ2v) is 4.78. The van der Waals surface area contributed by atoms with Gasteiger partial charge in [0.05, 0.1) is 6.10 Å². The number of nitrogens with one attached hydrogen (secondary N) is 1. The van der Waals surface area contributed by atoms with E-state index in [4.69, 9.17) is 0 Å². The molecule has 2 aliphatic heterocycles. The first kappa shape index (κ1) is 11.4. The van der Waals surface area contributed by atoms with Gasteiger partial charge in [0.1, 0.15) is 6.04 Å². The normalized spacial score (nSPS) is 35.0. The van der Waals surface area contributed by atoms with Crippen LogP contribution in [-0.2, 0) is 9.59 Å². The van der Waals surface area contributed by atoms with E-state index >= 15 is 0 Å². The van der Waals surface area contributed by atoms with Gasteiger partial charge in [-0.2, -0.15) is 0 Å². The van der Waals surface area contributed by atoms with Gasteiger partial charge in [0, 0.05) is 19.5 Å². The summed E-state index contributed by atoms with van der Waals surface area (Å²) in [5.74, 6) is 0.0860. The second kappa shape index (κ2) is 4.41. The fourth-order valence-corrected chi connectivity index (χ4v) is 2.35. The van der Waals surface area contributed by atoms with Crippen LogP contribution < -0.4 is 5.32 Å². The Kier molecular flexibility index (Phi) is 3.14. The van der Waals surface area contributed by atoms with Gasteiger partial charge < -0.3 is 15.3 Å². The van der Waals surface area contributed by atoms with Crippen LogP contribution in [0, 0.1) is 5.92 Å². The lowest BCUT2D eigenvalue weighted by Gasteiger charge is -2.35. The zero-order valence-electron chi connectivity index (χ0n) is 9.48. The zero-order chi connectivity index (χ0) is 11.7. The number of hydrogen-bond acceptors (Lipinski definition) is 3. The Balaban J connectivity index is 1.92. The van der Waals surface area contributed by atoms with Gasteiger partial charge in [0.25, 0.3) is 0 Å². The molecule has 5 nitrogen and oxygen atoms in total. The van der Waals surface area contributed by atoms with E-state index in [9.17, 15) is 14.7 Å². The highest BCUT2D eigenvalue weighted by molar-refractivity contribution is 5.90. The number of nitrogens with zero attached hydrogens (tertiary/aromatic N) is 1. The van der Waals surface area contributed by atoms with Crippen molar-refractivity contribution < 1.29 is 14.7 Å². The van der Waals surface area contributed by atoms with Crippen molar-refractivity contribution in [3.05, 3.63) is 0 Å². The van der Waals surface area contributed by atoms with Gasteiger partial charge in [-0.25, -0.2) is 0 Å². The number of aliphatic hydroxyl groups excluding tert-OH is 1. The first-order valence-corrected chi connectivity index (χ1v) is 5.84. The molecule has 0 bridgehead atoms. The molecule has 5 heteroatoms. The van der Waals surface area contributed by atoms with Gasteiger partial charge in [-0.1, -0.05) is 6.92 Å². The SMILES string of the molecule is CC1CN(C(=O)[C@H]2CCC(=O)N2)CCC1O. The largest absolute Gasteiger partial charge is 0.393 e. The summed E-state index contributed by atoms with van der Waals surface area (Å²) in [4.78, 5) is 24.8. The van der Waals surface area contributed by atoms with Crippen molar-refractivity contribution in [2.45, 2.75) is 38.3 Å². The van der Waals surface area contributed by atoms with Gasteiger partial charge in [0.2, 0.25) is 11.8 Å².